The Kier molecular flexibility index (Phi) is 5.76. The molecular weight excluding hydrogens is 327 g/mol. The number of aryl methyl sites for hydroxylation is 1. The van der Waals surface area contributed by atoms with Crippen LogP contribution in [0.15, 0.2) is 48.5 Å². The first-order valence-corrected chi connectivity index (χ1v) is 8.59. The van der Waals surface area contributed by atoms with Crippen molar-refractivity contribution in [3.63, 3.8) is 0 Å². The first-order chi connectivity index (χ1) is 12.0. The Morgan fingerprint density at radius 1 is 0.920 bits per heavy atom. The molecule has 2 aromatic carbocycles. The van der Waals surface area contributed by atoms with Crippen molar-refractivity contribution >= 4 is 0 Å². The molecule has 0 saturated carbocycles. The number of rotatable bonds is 5. The van der Waals surface area contributed by atoms with Gasteiger partial charge in [-0.25, -0.2) is 0 Å². The summed E-state index contributed by atoms with van der Waals surface area (Å²) in [5.74, 6) is 0. The number of halogens is 3. The zero-order valence-corrected chi connectivity index (χ0v) is 14.1. The highest BCUT2D eigenvalue weighted by atomic mass is 19.4. The number of benzene rings is 2. The van der Waals surface area contributed by atoms with E-state index in [0.717, 1.165) is 68.9 Å². The third kappa shape index (κ3) is 5.06. The van der Waals surface area contributed by atoms with E-state index in [1.807, 2.05) is 12.1 Å². The first-order valence-electron chi connectivity index (χ1n) is 8.59. The number of morpholine rings is 1. The second kappa shape index (κ2) is 8.02. The number of hydrogen-bond donors (Lipinski definition) is 0. The molecule has 2 aromatic rings. The molecule has 0 aromatic heterocycles. The van der Waals surface area contributed by atoms with Crippen molar-refractivity contribution in [2.24, 2.45) is 0 Å². The standard InChI is InChI=1S/C20H22F3NO/c21-20(22,23)19-8-6-17(7-9-19)18-5-1-3-16(15-18)4-2-10-24-11-13-25-14-12-24/h1,3,5-9,15H,2,4,10-14H2. The van der Waals surface area contributed by atoms with E-state index < -0.39 is 11.7 Å². The van der Waals surface area contributed by atoms with Crippen LogP contribution < -0.4 is 0 Å². The predicted octanol–water partition coefficient (Wildman–Crippen LogP) is 4.64. The summed E-state index contributed by atoms with van der Waals surface area (Å²) in [6.45, 7) is 4.65. The van der Waals surface area contributed by atoms with Crippen molar-refractivity contribution < 1.29 is 17.9 Å². The average molecular weight is 349 g/mol. The maximum atomic E-state index is 12.7. The van der Waals surface area contributed by atoms with Crippen molar-refractivity contribution in [1.29, 1.82) is 0 Å². The number of ether oxygens (including phenoxy) is 1. The van der Waals surface area contributed by atoms with Gasteiger partial charge in [0, 0.05) is 13.1 Å². The van der Waals surface area contributed by atoms with Gasteiger partial charge in [0.1, 0.15) is 0 Å². The maximum absolute atomic E-state index is 12.7. The van der Waals surface area contributed by atoms with Gasteiger partial charge in [-0.1, -0.05) is 36.4 Å². The van der Waals surface area contributed by atoms with E-state index in [4.69, 9.17) is 4.74 Å². The van der Waals surface area contributed by atoms with E-state index >= 15 is 0 Å². The molecule has 1 saturated heterocycles. The largest absolute Gasteiger partial charge is 0.416 e. The van der Waals surface area contributed by atoms with Crippen LogP contribution in [0.3, 0.4) is 0 Å². The second-order valence-electron chi connectivity index (χ2n) is 6.33. The smallest absolute Gasteiger partial charge is 0.379 e. The van der Waals surface area contributed by atoms with Crippen molar-refractivity contribution in [3.8, 4) is 11.1 Å². The molecular formula is C20H22F3NO. The number of hydrogen-bond acceptors (Lipinski definition) is 2. The average Bonchev–Trinajstić information content (AvgIpc) is 2.62. The van der Waals surface area contributed by atoms with Crippen molar-refractivity contribution in [2.75, 3.05) is 32.8 Å². The Hall–Kier alpha value is -1.85. The zero-order chi connectivity index (χ0) is 17.7. The van der Waals surface area contributed by atoms with Crippen LogP contribution >= 0.6 is 0 Å². The Balaban J connectivity index is 1.61. The molecule has 134 valence electrons. The summed E-state index contributed by atoms with van der Waals surface area (Å²) in [6, 6.07) is 13.4. The minimum Gasteiger partial charge on any atom is -0.379 e. The molecule has 1 aliphatic heterocycles. The van der Waals surface area contributed by atoms with Gasteiger partial charge in [0.05, 0.1) is 18.8 Å². The summed E-state index contributed by atoms with van der Waals surface area (Å²) >= 11 is 0. The molecule has 1 fully saturated rings. The second-order valence-corrected chi connectivity index (χ2v) is 6.33. The van der Waals surface area contributed by atoms with Crippen LogP contribution in [-0.2, 0) is 17.3 Å². The fourth-order valence-electron chi connectivity index (χ4n) is 3.09. The van der Waals surface area contributed by atoms with Crippen LogP contribution in [0, 0.1) is 0 Å². The molecule has 0 spiro atoms. The van der Waals surface area contributed by atoms with Gasteiger partial charge in [-0.15, -0.1) is 0 Å². The SMILES string of the molecule is FC(F)(F)c1ccc(-c2cccc(CCCN3CCOCC3)c2)cc1. The molecule has 25 heavy (non-hydrogen) atoms. The summed E-state index contributed by atoms with van der Waals surface area (Å²) in [4.78, 5) is 2.41. The molecule has 0 atom stereocenters. The highest BCUT2D eigenvalue weighted by Crippen LogP contribution is 2.31. The number of nitrogens with zero attached hydrogens (tertiary/aromatic N) is 1. The van der Waals surface area contributed by atoms with Gasteiger partial charge >= 0.3 is 6.18 Å². The van der Waals surface area contributed by atoms with Crippen LogP contribution in [0.2, 0.25) is 0 Å². The van der Waals surface area contributed by atoms with E-state index in [2.05, 4.69) is 17.0 Å². The molecule has 0 bridgehead atoms. The molecule has 1 aliphatic rings. The topological polar surface area (TPSA) is 12.5 Å². The first kappa shape index (κ1) is 18.0. The zero-order valence-electron chi connectivity index (χ0n) is 14.1. The summed E-state index contributed by atoms with van der Waals surface area (Å²) in [5.41, 5.74) is 2.36. The van der Waals surface area contributed by atoms with E-state index in [1.165, 1.54) is 17.7 Å². The highest BCUT2D eigenvalue weighted by molar-refractivity contribution is 5.64. The fraction of sp³-hybridized carbons (Fsp3) is 0.400. The summed E-state index contributed by atoms with van der Waals surface area (Å²) in [6.07, 6.45) is -2.26. The quantitative estimate of drug-likeness (QED) is 0.780. The van der Waals surface area contributed by atoms with Crippen LogP contribution in [0.5, 0.6) is 0 Å². The van der Waals surface area contributed by atoms with Gasteiger partial charge in [0.15, 0.2) is 0 Å². The Morgan fingerprint density at radius 2 is 1.64 bits per heavy atom. The molecule has 1 heterocycles. The van der Waals surface area contributed by atoms with Crippen LogP contribution in [0.25, 0.3) is 11.1 Å². The normalized spacial score (nSPS) is 16.1. The van der Waals surface area contributed by atoms with Gasteiger partial charge in [0.2, 0.25) is 0 Å². The minimum absolute atomic E-state index is 0.613. The van der Waals surface area contributed by atoms with Crippen LogP contribution in [0.1, 0.15) is 17.5 Å². The molecule has 2 nitrogen and oxygen atoms in total. The number of alkyl halides is 3. The Labute approximate surface area is 146 Å². The summed E-state index contributed by atoms with van der Waals surface area (Å²) < 4.78 is 43.3. The van der Waals surface area contributed by atoms with Gasteiger partial charge in [-0.05, 0) is 48.2 Å². The van der Waals surface area contributed by atoms with Gasteiger partial charge < -0.3 is 4.74 Å². The minimum atomic E-state index is -4.29. The molecule has 5 heteroatoms. The molecule has 0 aliphatic carbocycles. The molecule has 0 unspecified atom stereocenters. The maximum Gasteiger partial charge on any atom is 0.416 e. The lowest BCUT2D eigenvalue weighted by Crippen LogP contribution is -2.36. The summed E-state index contributed by atoms with van der Waals surface area (Å²) in [5, 5.41) is 0. The lowest BCUT2D eigenvalue weighted by Gasteiger charge is -2.26. The Bertz CT molecular complexity index is 676. The van der Waals surface area contributed by atoms with Crippen molar-refractivity contribution in [3.05, 3.63) is 59.7 Å². The molecule has 0 radical (unpaired) electrons. The lowest BCUT2D eigenvalue weighted by molar-refractivity contribution is -0.137. The molecule has 0 amide bonds. The van der Waals surface area contributed by atoms with E-state index in [0.29, 0.717) is 0 Å². The van der Waals surface area contributed by atoms with Crippen molar-refractivity contribution in [1.82, 2.24) is 4.90 Å². The Morgan fingerprint density at radius 3 is 2.32 bits per heavy atom. The van der Waals surface area contributed by atoms with Gasteiger partial charge in [-0.3, -0.25) is 4.90 Å². The van der Waals surface area contributed by atoms with Crippen LogP contribution in [-0.4, -0.2) is 37.7 Å². The monoisotopic (exact) mass is 349 g/mol. The van der Waals surface area contributed by atoms with Gasteiger partial charge in [0.25, 0.3) is 0 Å². The highest BCUT2D eigenvalue weighted by Gasteiger charge is 2.29. The summed E-state index contributed by atoms with van der Waals surface area (Å²) in [7, 11) is 0. The van der Waals surface area contributed by atoms with Crippen molar-refractivity contribution in [2.45, 2.75) is 19.0 Å². The predicted molar refractivity (Wildman–Crippen MR) is 92.5 cm³/mol. The molecule has 3 rings (SSSR count). The van der Waals surface area contributed by atoms with E-state index in [9.17, 15) is 13.2 Å². The molecule has 0 N–H and O–H groups in total. The fourth-order valence-corrected chi connectivity index (χ4v) is 3.09. The van der Waals surface area contributed by atoms with Crippen LogP contribution in [0.4, 0.5) is 13.2 Å². The third-order valence-corrected chi connectivity index (χ3v) is 4.52. The third-order valence-electron chi connectivity index (χ3n) is 4.52. The lowest BCUT2D eigenvalue weighted by atomic mass is 10.00. The van der Waals surface area contributed by atoms with E-state index in [-0.39, 0.29) is 0 Å². The van der Waals surface area contributed by atoms with Gasteiger partial charge in [-0.2, -0.15) is 13.2 Å². The van der Waals surface area contributed by atoms with E-state index in [1.54, 1.807) is 0 Å².